The summed E-state index contributed by atoms with van der Waals surface area (Å²) in [6, 6.07) is 22.7. The van der Waals surface area contributed by atoms with Gasteiger partial charge in [-0.25, -0.2) is 4.68 Å². The number of benzene rings is 3. The van der Waals surface area contributed by atoms with Gasteiger partial charge in [-0.1, -0.05) is 53.5 Å². The highest BCUT2D eigenvalue weighted by Gasteiger charge is 2.21. The summed E-state index contributed by atoms with van der Waals surface area (Å²) in [7, 11) is 0. The number of aryl methyl sites for hydroxylation is 1. The molecule has 3 aromatic carbocycles. The Labute approximate surface area is 188 Å². The van der Waals surface area contributed by atoms with E-state index in [2.05, 4.69) is 10.4 Å². The zero-order valence-corrected chi connectivity index (χ0v) is 18.0. The standard InChI is InChI=1S/C24H17Cl2N3O2/c1-15-22(30)21(16-7-11-18(25)12-8-16)23(29(28-15)20-5-3-2-4-6-20)27-24(31)17-9-13-19(26)14-10-17/h2-14H,1H3,(H,27,31). The van der Waals surface area contributed by atoms with Crippen molar-refractivity contribution in [2.45, 2.75) is 6.92 Å². The molecule has 0 saturated heterocycles. The molecule has 4 rings (SSSR count). The van der Waals surface area contributed by atoms with Crippen LogP contribution in [0.1, 0.15) is 16.1 Å². The zero-order valence-electron chi connectivity index (χ0n) is 16.5. The summed E-state index contributed by atoms with van der Waals surface area (Å²) in [5, 5.41) is 8.40. The largest absolute Gasteiger partial charge is 0.306 e. The number of para-hydroxylation sites is 1. The Morgan fingerprint density at radius 2 is 1.45 bits per heavy atom. The number of anilines is 1. The molecule has 1 heterocycles. The average Bonchev–Trinajstić information content (AvgIpc) is 2.78. The van der Waals surface area contributed by atoms with Crippen molar-refractivity contribution in [3.05, 3.63) is 110 Å². The second-order valence-electron chi connectivity index (χ2n) is 6.85. The maximum atomic E-state index is 13.1. The molecule has 1 N–H and O–H groups in total. The third-order valence-corrected chi connectivity index (χ3v) is 5.23. The topological polar surface area (TPSA) is 64.0 Å². The fourth-order valence-electron chi connectivity index (χ4n) is 3.18. The van der Waals surface area contributed by atoms with Crippen LogP contribution in [0.4, 0.5) is 5.82 Å². The Kier molecular flexibility index (Phi) is 5.89. The van der Waals surface area contributed by atoms with Gasteiger partial charge < -0.3 is 5.32 Å². The van der Waals surface area contributed by atoms with E-state index in [4.69, 9.17) is 23.2 Å². The van der Waals surface area contributed by atoms with Gasteiger partial charge in [-0.3, -0.25) is 9.59 Å². The number of hydrogen-bond acceptors (Lipinski definition) is 3. The summed E-state index contributed by atoms with van der Waals surface area (Å²) in [6.45, 7) is 1.64. The summed E-state index contributed by atoms with van der Waals surface area (Å²) in [4.78, 5) is 26.2. The highest BCUT2D eigenvalue weighted by Crippen LogP contribution is 2.28. The predicted molar refractivity (Wildman–Crippen MR) is 124 cm³/mol. The molecule has 0 aliphatic carbocycles. The van der Waals surface area contributed by atoms with Gasteiger partial charge >= 0.3 is 0 Å². The lowest BCUT2D eigenvalue weighted by Crippen LogP contribution is -2.24. The van der Waals surface area contributed by atoms with Crippen LogP contribution in [0.25, 0.3) is 16.8 Å². The van der Waals surface area contributed by atoms with Crippen LogP contribution in [0.5, 0.6) is 0 Å². The first-order valence-corrected chi connectivity index (χ1v) is 10.2. The zero-order chi connectivity index (χ0) is 22.0. The van der Waals surface area contributed by atoms with Gasteiger partial charge in [0.1, 0.15) is 11.5 Å². The van der Waals surface area contributed by atoms with E-state index < -0.39 is 0 Å². The number of nitrogens with one attached hydrogen (secondary N) is 1. The number of rotatable bonds is 4. The van der Waals surface area contributed by atoms with Crippen LogP contribution in [0, 0.1) is 6.92 Å². The van der Waals surface area contributed by atoms with Crippen molar-refractivity contribution in [3.8, 4) is 16.8 Å². The number of carbonyl (C=O) groups excluding carboxylic acids is 1. The van der Waals surface area contributed by atoms with Crippen LogP contribution in [0.3, 0.4) is 0 Å². The number of hydrogen-bond donors (Lipinski definition) is 1. The molecule has 154 valence electrons. The second-order valence-corrected chi connectivity index (χ2v) is 7.73. The van der Waals surface area contributed by atoms with Crippen LogP contribution in [0.2, 0.25) is 10.0 Å². The van der Waals surface area contributed by atoms with E-state index in [-0.39, 0.29) is 17.2 Å². The molecule has 0 saturated carbocycles. The van der Waals surface area contributed by atoms with Gasteiger partial charge in [0.2, 0.25) is 5.43 Å². The minimum absolute atomic E-state index is 0.268. The van der Waals surface area contributed by atoms with Crippen molar-refractivity contribution in [2.75, 3.05) is 5.32 Å². The lowest BCUT2D eigenvalue weighted by molar-refractivity contribution is 0.102. The molecule has 1 aromatic heterocycles. The molecule has 4 aromatic rings. The Morgan fingerprint density at radius 3 is 2.06 bits per heavy atom. The lowest BCUT2D eigenvalue weighted by atomic mass is 10.0. The summed E-state index contributed by atoms with van der Waals surface area (Å²) in [6.07, 6.45) is 0. The van der Waals surface area contributed by atoms with Crippen LogP contribution in [-0.4, -0.2) is 15.7 Å². The molecule has 0 atom stereocenters. The molecule has 31 heavy (non-hydrogen) atoms. The number of carbonyl (C=O) groups is 1. The van der Waals surface area contributed by atoms with E-state index >= 15 is 0 Å². The maximum Gasteiger partial charge on any atom is 0.256 e. The van der Waals surface area contributed by atoms with E-state index in [0.717, 1.165) is 0 Å². The summed E-state index contributed by atoms with van der Waals surface area (Å²) < 4.78 is 1.56. The van der Waals surface area contributed by atoms with Crippen molar-refractivity contribution >= 4 is 34.9 Å². The highest BCUT2D eigenvalue weighted by atomic mass is 35.5. The Bertz CT molecular complexity index is 1300. The van der Waals surface area contributed by atoms with Gasteiger partial charge in [0, 0.05) is 15.6 Å². The first-order valence-electron chi connectivity index (χ1n) is 9.46. The number of amides is 1. The van der Waals surface area contributed by atoms with Crippen LogP contribution >= 0.6 is 23.2 Å². The molecular weight excluding hydrogens is 433 g/mol. The average molecular weight is 450 g/mol. The van der Waals surface area contributed by atoms with Gasteiger partial charge in [0.15, 0.2) is 0 Å². The summed E-state index contributed by atoms with van der Waals surface area (Å²) in [5.74, 6) is -0.120. The van der Waals surface area contributed by atoms with Crippen molar-refractivity contribution in [1.82, 2.24) is 9.78 Å². The van der Waals surface area contributed by atoms with Crippen molar-refractivity contribution in [3.63, 3.8) is 0 Å². The van der Waals surface area contributed by atoms with Crippen LogP contribution < -0.4 is 10.7 Å². The fraction of sp³-hybridized carbons (Fsp3) is 0.0417. The molecular formula is C24H17Cl2N3O2. The molecule has 0 aliphatic rings. The molecule has 0 spiro atoms. The second kappa shape index (κ2) is 8.76. The van der Waals surface area contributed by atoms with E-state index in [1.165, 1.54) is 0 Å². The van der Waals surface area contributed by atoms with Gasteiger partial charge in [0.05, 0.1) is 11.3 Å². The first kappa shape index (κ1) is 20.8. The van der Waals surface area contributed by atoms with Crippen molar-refractivity contribution < 1.29 is 4.79 Å². The number of halogens is 2. The monoisotopic (exact) mass is 449 g/mol. The first-order chi connectivity index (χ1) is 14.9. The Hall–Kier alpha value is -3.41. The van der Waals surface area contributed by atoms with Crippen molar-refractivity contribution in [2.24, 2.45) is 0 Å². The van der Waals surface area contributed by atoms with Gasteiger partial charge in [-0.2, -0.15) is 5.10 Å². The van der Waals surface area contributed by atoms with Gasteiger partial charge in [-0.15, -0.1) is 0 Å². The Balaban J connectivity index is 1.94. The minimum atomic E-state index is -0.387. The minimum Gasteiger partial charge on any atom is -0.306 e. The SMILES string of the molecule is Cc1nn(-c2ccccc2)c(NC(=O)c2ccc(Cl)cc2)c(-c2ccc(Cl)cc2)c1=O. The fourth-order valence-corrected chi connectivity index (χ4v) is 3.43. The molecule has 0 aliphatic heterocycles. The molecule has 5 nitrogen and oxygen atoms in total. The van der Waals surface area contributed by atoms with E-state index in [1.54, 1.807) is 60.1 Å². The van der Waals surface area contributed by atoms with Gasteiger partial charge in [-0.05, 0) is 61.0 Å². The van der Waals surface area contributed by atoms with E-state index in [9.17, 15) is 9.59 Å². The van der Waals surface area contributed by atoms with E-state index in [1.807, 2.05) is 30.3 Å². The summed E-state index contributed by atoms with van der Waals surface area (Å²) in [5.41, 5.74) is 2.08. The molecule has 1 amide bonds. The maximum absolute atomic E-state index is 13.1. The Morgan fingerprint density at radius 1 is 0.871 bits per heavy atom. The molecule has 0 radical (unpaired) electrons. The number of nitrogens with zero attached hydrogens (tertiary/aromatic N) is 2. The predicted octanol–water partition coefficient (Wildman–Crippen LogP) is 5.77. The third-order valence-electron chi connectivity index (χ3n) is 4.73. The van der Waals surface area contributed by atoms with Gasteiger partial charge in [0.25, 0.3) is 5.91 Å². The van der Waals surface area contributed by atoms with E-state index in [0.29, 0.717) is 38.1 Å². The molecule has 0 bridgehead atoms. The normalized spacial score (nSPS) is 10.7. The highest BCUT2D eigenvalue weighted by molar-refractivity contribution is 6.31. The lowest BCUT2D eigenvalue weighted by Gasteiger charge is -2.18. The molecule has 7 heteroatoms. The molecule has 0 fully saturated rings. The molecule has 0 unspecified atom stereocenters. The van der Waals surface area contributed by atoms with Crippen LogP contribution in [-0.2, 0) is 0 Å². The quantitative estimate of drug-likeness (QED) is 0.430. The third kappa shape index (κ3) is 4.38. The van der Waals surface area contributed by atoms with Crippen molar-refractivity contribution in [1.29, 1.82) is 0 Å². The van der Waals surface area contributed by atoms with Crippen LogP contribution in [0.15, 0.2) is 83.7 Å². The smallest absolute Gasteiger partial charge is 0.256 e. The summed E-state index contributed by atoms with van der Waals surface area (Å²) >= 11 is 12.0. The number of aromatic nitrogens is 2.